The van der Waals surface area contributed by atoms with Gasteiger partial charge in [-0.1, -0.05) is 39.8 Å². The van der Waals surface area contributed by atoms with Gasteiger partial charge < -0.3 is 19.1 Å². The van der Waals surface area contributed by atoms with E-state index in [0.29, 0.717) is 17.7 Å². The molecule has 0 aromatic heterocycles. The van der Waals surface area contributed by atoms with E-state index in [-0.39, 0.29) is 24.8 Å². The summed E-state index contributed by atoms with van der Waals surface area (Å²) in [5.41, 5.74) is 5.47. The lowest BCUT2D eigenvalue weighted by molar-refractivity contribution is -0.144. The molecule has 2 N–H and O–H groups in total. The molecule has 7 heteroatoms. The fourth-order valence-electron chi connectivity index (χ4n) is 4.28. The van der Waals surface area contributed by atoms with Crippen molar-refractivity contribution in [3.8, 4) is 11.5 Å². The number of nitrogens with one attached hydrogen (secondary N) is 1. The minimum atomic E-state index is -2.99. The number of hydrogen-bond donors (Lipinski definition) is 2. The van der Waals surface area contributed by atoms with Crippen LogP contribution in [0.25, 0.3) is 0 Å². The van der Waals surface area contributed by atoms with Gasteiger partial charge in [-0.2, -0.15) is 0 Å². The van der Waals surface area contributed by atoms with Crippen molar-refractivity contribution in [3.63, 3.8) is 0 Å². The van der Waals surface area contributed by atoms with E-state index in [9.17, 15) is 14.5 Å². The molecule has 0 amide bonds. The lowest BCUT2D eigenvalue weighted by atomic mass is 9.93. The Kier molecular flexibility index (Phi) is 10.4. The monoisotopic (exact) mass is 503 g/mol. The lowest BCUT2D eigenvalue weighted by Crippen LogP contribution is -2.35. The van der Waals surface area contributed by atoms with Crippen LogP contribution in [0.1, 0.15) is 75.3 Å². The van der Waals surface area contributed by atoms with Crippen LogP contribution in [-0.2, 0) is 20.5 Å². The molecule has 6 nitrogen and oxygen atoms in total. The molecule has 194 valence electrons. The summed E-state index contributed by atoms with van der Waals surface area (Å²) in [6.45, 7) is 15.9. The Balaban J connectivity index is 2.19. The van der Waals surface area contributed by atoms with Gasteiger partial charge in [0.15, 0.2) is 13.6 Å². The Hall–Kier alpha value is -2.30. The summed E-state index contributed by atoms with van der Waals surface area (Å²) in [6, 6.07) is 9.07. The smallest absolute Gasteiger partial charge is 0.323 e. The first-order valence-electron chi connectivity index (χ1n) is 12.4. The van der Waals surface area contributed by atoms with Crippen molar-refractivity contribution in [2.45, 2.75) is 73.8 Å². The van der Waals surface area contributed by atoms with E-state index >= 15 is 0 Å². The number of esters is 1. The second-order valence-corrected chi connectivity index (χ2v) is 12.8. The minimum Gasteiger partial charge on any atom is -0.508 e. The van der Waals surface area contributed by atoms with Crippen molar-refractivity contribution in [3.05, 3.63) is 58.1 Å². The third kappa shape index (κ3) is 8.40. The molecule has 0 aliphatic heterocycles. The molecule has 0 saturated heterocycles. The molecular formula is C28H42NO5P. The maximum Gasteiger partial charge on any atom is 0.323 e. The molecule has 0 aliphatic carbocycles. The van der Waals surface area contributed by atoms with E-state index in [1.807, 2.05) is 45.9 Å². The van der Waals surface area contributed by atoms with E-state index in [1.54, 1.807) is 19.9 Å². The fraction of sp³-hybridized carbons (Fsp3) is 0.536. The van der Waals surface area contributed by atoms with E-state index in [2.05, 4.69) is 25.0 Å². The minimum absolute atomic E-state index is 0.00284. The molecule has 2 aromatic carbocycles. The highest BCUT2D eigenvalue weighted by atomic mass is 31.2. The van der Waals surface area contributed by atoms with Crippen molar-refractivity contribution in [2.24, 2.45) is 5.92 Å². The molecule has 35 heavy (non-hydrogen) atoms. The molecule has 0 fully saturated rings. The Labute approximate surface area is 210 Å². The Morgan fingerprint density at radius 1 is 1.06 bits per heavy atom. The van der Waals surface area contributed by atoms with Crippen molar-refractivity contribution in [2.75, 3.05) is 19.1 Å². The molecule has 0 aliphatic rings. The normalized spacial score (nSPS) is 14.1. The van der Waals surface area contributed by atoms with Crippen LogP contribution in [0.3, 0.4) is 0 Å². The van der Waals surface area contributed by atoms with Gasteiger partial charge in [-0.25, -0.2) is 0 Å². The van der Waals surface area contributed by atoms with Gasteiger partial charge in [0.1, 0.15) is 17.5 Å². The van der Waals surface area contributed by atoms with Crippen molar-refractivity contribution in [1.82, 2.24) is 5.09 Å². The molecule has 0 radical (unpaired) electrons. The van der Waals surface area contributed by atoms with Crippen LogP contribution in [0.15, 0.2) is 30.3 Å². The van der Waals surface area contributed by atoms with Gasteiger partial charge in [0.05, 0.1) is 6.61 Å². The van der Waals surface area contributed by atoms with E-state index in [0.717, 1.165) is 28.7 Å². The van der Waals surface area contributed by atoms with E-state index in [4.69, 9.17) is 9.47 Å². The molecule has 0 heterocycles. The molecule has 2 atom stereocenters. The zero-order valence-electron chi connectivity index (χ0n) is 22.5. The number of ether oxygens (including phenoxy) is 2. The molecule has 0 spiro atoms. The quantitative estimate of drug-likeness (QED) is 0.253. The Morgan fingerprint density at radius 3 is 2.23 bits per heavy atom. The van der Waals surface area contributed by atoms with Gasteiger partial charge in [-0.3, -0.25) is 9.88 Å². The Morgan fingerprint density at radius 2 is 1.69 bits per heavy atom. The standard InChI is InChI=1S/C28H42NO5P/c1-9-33-28(31)22(8)29-35(32,16-18(2)3)17-34-24-12-20(6)26(21(7)13-24)15-23-10-11-27(30)25(14-23)19(4)5/h10-14,18-19,22,30H,9,15-17H2,1-8H3,(H,29,32)/t22-,35?/m0/s1. The van der Waals surface area contributed by atoms with Crippen LogP contribution < -0.4 is 9.82 Å². The predicted molar refractivity (Wildman–Crippen MR) is 143 cm³/mol. The summed E-state index contributed by atoms with van der Waals surface area (Å²) in [5, 5.41) is 13.1. The number of aryl methyl sites for hydroxylation is 2. The average molecular weight is 504 g/mol. The van der Waals surface area contributed by atoms with Crippen LogP contribution in [0.2, 0.25) is 0 Å². The van der Waals surface area contributed by atoms with Crippen molar-refractivity contribution >= 4 is 13.3 Å². The second kappa shape index (κ2) is 12.6. The topological polar surface area (TPSA) is 84.9 Å². The zero-order valence-corrected chi connectivity index (χ0v) is 23.4. The van der Waals surface area contributed by atoms with Gasteiger partial charge in [-0.05, 0) is 92.0 Å². The van der Waals surface area contributed by atoms with Crippen LogP contribution >= 0.6 is 7.29 Å². The molecule has 2 aromatic rings. The number of phenols is 1. The van der Waals surface area contributed by atoms with E-state index in [1.165, 1.54) is 5.56 Å². The molecule has 0 bridgehead atoms. The van der Waals surface area contributed by atoms with Crippen LogP contribution in [0.4, 0.5) is 0 Å². The first kappa shape index (κ1) is 28.9. The maximum atomic E-state index is 13.6. The summed E-state index contributed by atoms with van der Waals surface area (Å²) in [7, 11) is -2.99. The molecular weight excluding hydrogens is 461 g/mol. The van der Waals surface area contributed by atoms with E-state index < -0.39 is 19.3 Å². The number of carbonyl (C=O) groups is 1. The first-order chi connectivity index (χ1) is 16.3. The Bertz CT molecular complexity index is 1040. The third-order valence-electron chi connectivity index (χ3n) is 5.93. The SMILES string of the molecule is CCOC(=O)[C@H](C)NP(=O)(COc1cc(C)c(Cc2ccc(O)c(C(C)C)c2)c(C)c1)CC(C)C. The lowest BCUT2D eigenvalue weighted by Gasteiger charge is -2.25. The van der Waals surface area contributed by atoms with Gasteiger partial charge in [-0.15, -0.1) is 0 Å². The van der Waals surface area contributed by atoms with Crippen LogP contribution in [0.5, 0.6) is 11.5 Å². The molecule has 0 saturated carbocycles. The number of aromatic hydroxyl groups is 1. The van der Waals surface area contributed by atoms with Gasteiger partial charge in [0.25, 0.3) is 0 Å². The number of carbonyl (C=O) groups excluding carboxylic acids is 1. The largest absolute Gasteiger partial charge is 0.508 e. The highest BCUT2D eigenvalue weighted by Gasteiger charge is 2.29. The zero-order chi connectivity index (χ0) is 26.3. The number of hydrogen-bond acceptors (Lipinski definition) is 5. The number of phenolic OH excluding ortho intramolecular Hbond substituents is 1. The summed E-state index contributed by atoms with van der Waals surface area (Å²) in [6.07, 6.45) is 1.18. The van der Waals surface area contributed by atoms with Gasteiger partial charge in [0.2, 0.25) is 0 Å². The first-order valence-corrected chi connectivity index (χ1v) is 14.5. The van der Waals surface area contributed by atoms with Gasteiger partial charge in [0, 0.05) is 6.16 Å². The average Bonchev–Trinajstić information content (AvgIpc) is 2.75. The van der Waals surface area contributed by atoms with Crippen LogP contribution in [-0.4, -0.2) is 36.2 Å². The summed E-state index contributed by atoms with van der Waals surface area (Å²) in [4.78, 5) is 12.1. The molecule has 2 rings (SSSR count). The third-order valence-corrected chi connectivity index (χ3v) is 8.66. The number of rotatable bonds is 12. The highest BCUT2D eigenvalue weighted by Crippen LogP contribution is 2.44. The summed E-state index contributed by atoms with van der Waals surface area (Å²) in [5.74, 6) is 1.000. The maximum absolute atomic E-state index is 13.6. The second-order valence-electron chi connectivity index (χ2n) is 10.1. The highest BCUT2D eigenvalue weighted by molar-refractivity contribution is 7.61. The van der Waals surface area contributed by atoms with Gasteiger partial charge >= 0.3 is 5.97 Å². The summed E-state index contributed by atoms with van der Waals surface area (Å²) < 4.78 is 24.7. The summed E-state index contributed by atoms with van der Waals surface area (Å²) >= 11 is 0. The fourth-order valence-corrected chi connectivity index (χ4v) is 6.91. The van der Waals surface area contributed by atoms with Crippen molar-refractivity contribution < 1.29 is 23.9 Å². The number of benzene rings is 2. The van der Waals surface area contributed by atoms with Crippen LogP contribution in [0, 0.1) is 19.8 Å². The molecule has 1 unspecified atom stereocenters. The predicted octanol–water partition coefficient (Wildman–Crippen LogP) is 6.53. The van der Waals surface area contributed by atoms with Crippen molar-refractivity contribution in [1.29, 1.82) is 0 Å².